The molecule has 0 bridgehead atoms. The van der Waals surface area contributed by atoms with Gasteiger partial charge in [0.05, 0.1) is 0 Å². The van der Waals surface area contributed by atoms with Gasteiger partial charge in [-0.3, -0.25) is 0 Å². The summed E-state index contributed by atoms with van der Waals surface area (Å²) in [6.07, 6.45) is 17.1. The molecule has 4 aromatic rings. The van der Waals surface area contributed by atoms with Crippen LogP contribution in [0.4, 0.5) is 0 Å². The molecular formula is C33H40Cl2Zr-2. The summed E-state index contributed by atoms with van der Waals surface area (Å²) in [4.78, 5) is 0. The summed E-state index contributed by atoms with van der Waals surface area (Å²) < 4.78 is 3.37. The maximum atomic E-state index is 5.13. The predicted octanol–water partition coefficient (Wildman–Crippen LogP) is 10.7. The molecule has 0 N–H and O–H groups in total. The number of fused-ring (bicyclic) bond motifs is 2. The summed E-state index contributed by atoms with van der Waals surface area (Å²) in [5.74, 6) is 1.89. The zero-order valence-electron chi connectivity index (χ0n) is 21.5. The van der Waals surface area contributed by atoms with E-state index in [1.165, 1.54) is 98.6 Å². The molecule has 0 heterocycles. The standard InChI is InChI=1S/2C16H19.CH2.2ClH.Zr/c2*1-2-6-13(7-3-1)12-15-11-10-14-8-4-5-9-16(14)15;;;;/h2*4-5,8-11,13H,1-3,6-7,12H2;1H2;2*1H;/q2*-1;;;;+2/p-2. The van der Waals surface area contributed by atoms with Gasteiger partial charge < -0.3 is 0 Å². The van der Waals surface area contributed by atoms with E-state index in [1.807, 2.05) is 0 Å². The Kier molecular flexibility index (Phi) is 11.5. The van der Waals surface area contributed by atoms with Gasteiger partial charge >= 0.3 is 40.1 Å². The van der Waals surface area contributed by atoms with E-state index in [4.69, 9.17) is 17.0 Å². The second-order valence-electron chi connectivity index (χ2n) is 10.6. The van der Waals surface area contributed by atoms with Crippen LogP contribution in [0.5, 0.6) is 0 Å². The molecule has 0 aromatic heterocycles. The molecule has 0 unspecified atom stereocenters. The van der Waals surface area contributed by atoms with Crippen molar-refractivity contribution in [1.29, 1.82) is 0 Å². The van der Waals surface area contributed by atoms with Crippen molar-refractivity contribution in [3.05, 3.63) is 83.9 Å². The van der Waals surface area contributed by atoms with Gasteiger partial charge in [-0.15, -0.1) is 82.2 Å². The minimum absolute atomic E-state index is 0.944. The first-order valence-corrected chi connectivity index (χ1v) is 21.9. The first kappa shape index (κ1) is 28.0. The van der Waals surface area contributed by atoms with Crippen LogP contribution in [-0.4, -0.2) is 4.21 Å². The second-order valence-corrected chi connectivity index (χ2v) is 18.9. The summed E-state index contributed by atoms with van der Waals surface area (Å²) in [5, 5.41) is 5.78. The SMILES string of the molecule is [CH2]=[Zr]([Cl])[Cl].c1ccc2c(CC3CCCCC3)c[cH-]c2c1.c1ccc2c(CC3CCCCC3)c[cH-]c2c1. The Morgan fingerprint density at radius 3 is 1.39 bits per heavy atom. The Morgan fingerprint density at radius 2 is 1.00 bits per heavy atom. The minimum Gasteiger partial charge on any atom is -0.153 e. The van der Waals surface area contributed by atoms with Crippen molar-refractivity contribution in [2.75, 3.05) is 0 Å². The van der Waals surface area contributed by atoms with E-state index in [1.54, 1.807) is 11.1 Å². The summed E-state index contributed by atoms with van der Waals surface area (Å²) in [6.45, 7) is 0. The molecule has 2 aliphatic rings. The van der Waals surface area contributed by atoms with Crippen molar-refractivity contribution in [3.8, 4) is 0 Å². The van der Waals surface area contributed by atoms with Gasteiger partial charge in [0.2, 0.25) is 0 Å². The van der Waals surface area contributed by atoms with E-state index >= 15 is 0 Å². The van der Waals surface area contributed by atoms with Gasteiger partial charge in [-0.25, -0.2) is 0 Å². The third kappa shape index (κ3) is 8.51. The summed E-state index contributed by atoms with van der Waals surface area (Å²) in [6, 6.07) is 26.8. The van der Waals surface area contributed by atoms with E-state index in [0.29, 0.717) is 0 Å². The zero-order chi connectivity index (χ0) is 25.2. The molecule has 36 heavy (non-hydrogen) atoms. The average Bonchev–Trinajstić information content (AvgIpc) is 3.50. The topological polar surface area (TPSA) is 0 Å². The van der Waals surface area contributed by atoms with E-state index < -0.39 is 18.9 Å². The van der Waals surface area contributed by atoms with Crippen molar-refractivity contribution in [3.63, 3.8) is 0 Å². The molecule has 4 aromatic carbocycles. The van der Waals surface area contributed by atoms with Crippen LogP contribution in [0.15, 0.2) is 72.8 Å². The monoisotopic (exact) mass is 596 g/mol. The number of rotatable bonds is 4. The van der Waals surface area contributed by atoms with Gasteiger partial charge in [0, 0.05) is 0 Å². The molecule has 2 aliphatic carbocycles. The number of hydrogen-bond acceptors (Lipinski definition) is 0. The molecule has 0 aliphatic heterocycles. The smallest absolute Gasteiger partial charge is 0.0461 e. The maximum absolute atomic E-state index is 5.13. The van der Waals surface area contributed by atoms with Crippen LogP contribution in [0.1, 0.15) is 75.3 Å². The van der Waals surface area contributed by atoms with Gasteiger partial charge in [-0.2, -0.15) is 11.1 Å². The van der Waals surface area contributed by atoms with Crippen LogP contribution in [0.2, 0.25) is 0 Å². The molecular weight excluding hydrogens is 558 g/mol. The van der Waals surface area contributed by atoms with Gasteiger partial charge in [-0.1, -0.05) is 89.2 Å². The second kappa shape index (κ2) is 14.8. The van der Waals surface area contributed by atoms with E-state index in [9.17, 15) is 0 Å². The minimum atomic E-state index is -1.85. The van der Waals surface area contributed by atoms with E-state index in [2.05, 4.69) is 77.0 Å². The molecule has 0 radical (unpaired) electrons. The first-order valence-electron chi connectivity index (χ1n) is 13.9. The zero-order valence-corrected chi connectivity index (χ0v) is 25.5. The molecule has 0 nitrogen and oxygen atoms in total. The van der Waals surface area contributed by atoms with Gasteiger partial charge in [0.25, 0.3) is 0 Å². The normalized spacial score (nSPS) is 16.7. The summed E-state index contributed by atoms with van der Waals surface area (Å²) in [7, 11) is 10.3. The van der Waals surface area contributed by atoms with Gasteiger partial charge in [0.15, 0.2) is 0 Å². The molecule has 2 saturated carbocycles. The van der Waals surface area contributed by atoms with Gasteiger partial charge in [-0.05, 0) is 11.8 Å². The fourth-order valence-electron chi connectivity index (χ4n) is 6.19. The van der Waals surface area contributed by atoms with Crippen LogP contribution in [0.25, 0.3) is 21.5 Å². The number of halogens is 2. The fourth-order valence-corrected chi connectivity index (χ4v) is 6.19. The summed E-state index contributed by atoms with van der Waals surface area (Å²) >= 11 is -1.85. The summed E-state index contributed by atoms with van der Waals surface area (Å²) in [5.41, 5.74) is 3.14. The van der Waals surface area contributed by atoms with Gasteiger partial charge in [0.1, 0.15) is 0 Å². The molecule has 192 valence electrons. The van der Waals surface area contributed by atoms with Crippen molar-refractivity contribution in [2.45, 2.75) is 77.0 Å². The van der Waals surface area contributed by atoms with Crippen LogP contribution in [-0.2, 0) is 31.7 Å². The fraction of sp³-hybridized carbons (Fsp3) is 0.424. The molecule has 3 heteroatoms. The largest absolute Gasteiger partial charge is 0.153 e. The van der Waals surface area contributed by atoms with E-state index in [0.717, 1.165) is 11.8 Å². The Hall–Kier alpha value is -1.01. The number of hydrogen-bond donors (Lipinski definition) is 0. The Morgan fingerprint density at radius 1 is 0.639 bits per heavy atom. The predicted molar refractivity (Wildman–Crippen MR) is 158 cm³/mol. The third-order valence-electron chi connectivity index (χ3n) is 8.01. The maximum Gasteiger partial charge on any atom is -0.0461 e. The Bertz CT molecular complexity index is 1110. The quantitative estimate of drug-likeness (QED) is 0.205. The van der Waals surface area contributed by atoms with E-state index in [-0.39, 0.29) is 0 Å². The Balaban J connectivity index is 0.000000148. The third-order valence-corrected chi connectivity index (χ3v) is 8.01. The molecule has 0 spiro atoms. The molecule has 0 saturated heterocycles. The molecule has 2 fully saturated rings. The van der Waals surface area contributed by atoms with Crippen LogP contribution >= 0.6 is 17.0 Å². The Labute approximate surface area is 233 Å². The van der Waals surface area contributed by atoms with Crippen molar-refractivity contribution in [2.24, 2.45) is 11.8 Å². The average molecular weight is 599 g/mol. The molecule has 6 rings (SSSR count). The molecule has 0 amide bonds. The van der Waals surface area contributed by atoms with Crippen LogP contribution < -0.4 is 0 Å². The van der Waals surface area contributed by atoms with Crippen LogP contribution in [0.3, 0.4) is 0 Å². The molecule has 0 atom stereocenters. The van der Waals surface area contributed by atoms with Crippen molar-refractivity contribution in [1.82, 2.24) is 0 Å². The van der Waals surface area contributed by atoms with Crippen molar-refractivity contribution < 1.29 is 18.9 Å². The first-order chi connectivity index (χ1) is 17.6. The van der Waals surface area contributed by atoms with Crippen molar-refractivity contribution >= 4 is 42.8 Å². The number of benzene rings is 2. The van der Waals surface area contributed by atoms with Crippen LogP contribution in [0, 0.1) is 11.8 Å².